The van der Waals surface area contributed by atoms with Gasteiger partial charge in [-0.25, -0.2) is 4.39 Å². The molecule has 8 heteroatoms. The fourth-order valence-corrected chi connectivity index (χ4v) is 2.18. The Balaban J connectivity index is 1.98. The van der Waals surface area contributed by atoms with Gasteiger partial charge in [0.05, 0.1) is 17.2 Å². The highest BCUT2D eigenvalue weighted by Gasteiger charge is 2.16. The Bertz CT molecular complexity index is 530. The number of amides is 1. The second-order valence-electron chi connectivity index (χ2n) is 4.85. The molecule has 2 N–H and O–H groups in total. The molecule has 1 saturated heterocycles. The molecule has 0 saturated carbocycles. The summed E-state index contributed by atoms with van der Waals surface area (Å²) in [6.07, 6.45) is 0.943. The van der Waals surface area contributed by atoms with Gasteiger partial charge < -0.3 is 10.6 Å². The maximum atomic E-state index is 13.6. The van der Waals surface area contributed by atoms with Crippen LogP contribution in [0.15, 0.2) is 18.2 Å². The van der Waals surface area contributed by atoms with Gasteiger partial charge >= 0.3 is 0 Å². The molecule has 0 spiro atoms. The first-order valence-electron chi connectivity index (χ1n) is 6.73. The van der Waals surface area contributed by atoms with Crippen LogP contribution in [0.5, 0.6) is 0 Å². The molecule has 1 fully saturated rings. The van der Waals surface area contributed by atoms with Crippen molar-refractivity contribution in [1.82, 2.24) is 10.2 Å². The lowest BCUT2D eigenvalue weighted by molar-refractivity contribution is -0.384. The zero-order chi connectivity index (χ0) is 15.2. The predicted molar refractivity (Wildman–Crippen MR) is 75.6 cm³/mol. The molecular weight excluding hydrogens is 279 g/mol. The van der Waals surface area contributed by atoms with E-state index in [-0.39, 0.29) is 23.8 Å². The molecule has 0 bridgehead atoms. The van der Waals surface area contributed by atoms with Crippen molar-refractivity contribution in [1.29, 1.82) is 0 Å². The quantitative estimate of drug-likeness (QED) is 0.638. The van der Waals surface area contributed by atoms with Gasteiger partial charge in [-0.05, 0) is 25.6 Å². The lowest BCUT2D eigenvalue weighted by atomic mass is 10.2. The van der Waals surface area contributed by atoms with Crippen molar-refractivity contribution in [3.05, 3.63) is 34.1 Å². The van der Waals surface area contributed by atoms with Crippen LogP contribution in [0.4, 0.5) is 15.8 Å². The molecule has 1 heterocycles. The van der Waals surface area contributed by atoms with Crippen molar-refractivity contribution in [3.63, 3.8) is 0 Å². The largest absolute Gasteiger partial charge is 0.322 e. The fourth-order valence-electron chi connectivity index (χ4n) is 2.18. The molecule has 1 aliphatic heterocycles. The summed E-state index contributed by atoms with van der Waals surface area (Å²) in [5.74, 6) is -1.07. The monoisotopic (exact) mass is 296 g/mol. The molecule has 2 rings (SSSR count). The Hall–Kier alpha value is -2.06. The molecular formula is C13H17FN4O3. The number of nitrogens with one attached hydrogen (secondary N) is 2. The first kappa shape index (κ1) is 15.3. The van der Waals surface area contributed by atoms with Crippen LogP contribution in [0, 0.1) is 15.9 Å². The van der Waals surface area contributed by atoms with Gasteiger partial charge in [-0.2, -0.15) is 0 Å². The first-order chi connectivity index (χ1) is 10.1. The lowest BCUT2D eigenvalue weighted by Gasteiger charge is -2.18. The average molecular weight is 296 g/mol. The summed E-state index contributed by atoms with van der Waals surface area (Å²) >= 11 is 0. The highest BCUT2D eigenvalue weighted by Crippen LogP contribution is 2.21. The Kier molecular flexibility index (Phi) is 5.18. The van der Waals surface area contributed by atoms with E-state index in [4.69, 9.17) is 0 Å². The number of benzene rings is 1. The molecule has 1 aromatic rings. The van der Waals surface area contributed by atoms with E-state index in [1.54, 1.807) is 0 Å². The third-order valence-electron chi connectivity index (χ3n) is 3.23. The molecule has 1 aliphatic rings. The predicted octanol–water partition coefficient (Wildman–Crippen LogP) is 0.968. The topological polar surface area (TPSA) is 87.5 Å². The zero-order valence-electron chi connectivity index (χ0n) is 11.5. The van der Waals surface area contributed by atoms with Crippen LogP contribution in [0.3, 0.4) is 0 Å². The molecule has 0 aliphatic carbocycles. The number of rotatable bonds is 4. The molecule has 0 unspecified atom stereocenters. The van der Waals surface area contributed by atoms with Gasteiger partial charge in [-0.1, -0.05) is 0 Å². The minimum absolute atomic E-state index is 0.143. The molecule has 1 amide bonds. The molecule has 7 nitrogen and oxygen atoms in total. The van der Waals surface area contributed by atoms with Gasteiger partial charge in [0.2, 0.25) is 5.91 Å². The number of anilines is 1. The molecule has 0 aromatic heterocycles. The number of nitro groups is 1. The first-order valence-corrected chi connectivity index (χ1v) is 6.73. The van der Waals surface area contributed by atoms with Gasteiger partial charge in [0.15, 0.2) is 0 Å². The van der Waals surface area contributed by atoms with Crippen molar-refractivity contribution in [2.24, 2.45) is 0 Å². The average Bonchev–Trinajstić information content (AvgIpc) is 2.69. The van der Waals surface area contributed by atoms with Crippen LogP contribution in [0.2, 0.25) is 0 Å². The fraction of sp³-hybridized carbons (Fsp3) is 0.462. The summed E-state index contributed by atoms with van der Waals surface area (Å²) < 4.78 is 13.6. The van der Waals surface area contributed by atoms with Crippen LogP contribution in [0.1, 0.15) is 6.42 Å². The van der Waals surface area contributed by atoms with Gasteiger partial charge in [-0.3, -0.25) is 19.8 Å². The number of halogens is 1. The van der Waals surface area contributed by atoms with E-state index >= 15 is 0 Å². The van der Waals surface area contributed by atoms with E-state index in [2.05, 4.69) is 10.6 Å². The summed E-state index contributed by atoms with van der Waals surface area (Å²) in [6.45, 7) is 3.39. The lowest BCUT2D eigenvalue weighted by Crippen LogP contribution is -2.35. The normalized spacial score (nSPS) is 16.2. The van der Waals surface area contributed by atoms with E-state index in [0.717, 1.165) is 50.8 Å². The third kappa shape index (κ3) is 4.47. The van der Waals surface area contributed by atoms with Crippen LogP contribution in [-0.2, 0) is 4.79 Å². The summed E-state index contributed by atoms with van der Waals surface area (Å²) in [5, 5.41) is 16.3. The standard InChI is InChI=1S/C13H17FN4O3/c14-11-3-2-10(18(20)21)8-12(11)16-13(19)9-17-6-1-4-15-5-7-17/h2-3,8,15H,1,4-7,9H2,(H,16,19). The van der Waals surface area contributed by atoms with Crippen molar-refractivity contribution in [2.75, 3.05) is 38.0 Å². The van der Waals surface area contributed by atoms with E-state index < -0.39 is 10.7 Å². The minimum Gasteiger partial charge on any atom is -0.322 e. The van der Waals surface area contributed by atoms with Gasteiger partial charge in [-0.15, -0.1) is 0 Å². The van der Waals surface area contributed by atoms with E-state index in [0.29, 0.717) is 0 Å². The SMILES string of the molecule is O=C(CN1CCCNCC1)Nc1cc([N+](=O)[O-])ccc1F. The Morgan fingerprint density at radius 1 is 1.43 bits per heavy atom. The highest BCUT2D eigenvalue weighted by atomic mass is 19.1. The maximum absolute atomic E-state index is 13.6. The summed E-state index contributed by atoms with van der Waals surface area (Å²) in [4.78, 5) is 23.9. The second kappa shape index (κ2) is 7.09. The van der Waals surface area contributed by atoms with Crippen molar-refractivity contribution in [3.8, 4) is 0 Å². The number of non-ortho nitro benzene ring substituents is 1. The molecule has 1 aromatic carbocycles. The Morgan fingerprint density at radius 3 is 3.00 bits per heavy atom. The van der Waals surface area contributed by atoms with E-state index in [1.165, 1.54) is 0 Å². The molecule has 0 atom stereocenters. The van der Waals surface area contributed by atoms with Gasteiger partial charge in [0.25, 0.3) is 5.69 Å². The zero-order valence-corrected chi connectivity index (χ0v) is 11.5. The number of carbonyl (C=O) groups is 1. The summed E-state index contributed by atoms with van der Waals surface area (Å²) in [5.41, 5.74) is -0.423. The molecule has 21 heavy (non-hydrogen) atoms. The van der Waals surface area contributed by atoms with Crippen molar-refractivity contribution >= 4 is 17.3 Å². The second-order valence-corrected chi connectivity index (χ2v) is 4.85. The third-order valence-corrected chi connectivity index (χ3v) is 3.23. The summed E-state index contributed by atoms with van der Waals surface area (Å²) in [6, 6.07) is 3.06. The Labute approximate surface area is 121 Å². The molecule has 0 radical (unpaired) electrons. The van der Waals surface area contributed by atoms with Crippen molar-refractivity contribution < 1.29 is 14.1 Å². The summed E-state index contributed by atoms with van der Waals surface area (Å²) in [7, 11) is 0. The number of nitro benzene ring substituents is 1. The van der Waals surface area contributed by atoms with Gasteiger partial charge in [0, 0.05) is 25.2 Å². The van der Waals surface area contributed by atoms with Crippen LogP contribution in [-0.4, -0.2) is 48.5 Å². The number of hydrogen-bond acceptors (Lipinski definition) is 5. The maximum Gasteiger partial charge on any atom is 0.271 e. The highest BCUT2D eigenvalue weighted by molar-refractivity contribution is 5.92. The van der Waals surface area contributed by atoms with E-state index in [9.17, 15) is 19.3 Å². The minimum atomic E-state index is -0.688. The number of carbonyl (C=O) groups excluding carboxylic acids is 1. The Morgan fingerprint density at radius 2 is 2.24 bits per heavy atom. The van der Waals surface area contributed by atoms with E-state index in [1.807, 2.05) is 4.90 Å². The van der Waals surface area contributed by atoms with Crippen LogP contribution < -0.4 is 10.6 Å². The number of hydrogen-bond donors (Lipinski definition) is 2. The van der Waals surface area contributed by atoms with Crippen molar-refractivity contribution in [2.45, 2.75) is 6.42 Å². The van der Waals surface area contributed by atoms with Crippen LogP contribution >= 0.6 is 0 Å². The van der Waals surface area contributed by atoms with Gasteiger partial charge in [0.1, 0.15) is 5.82 Å². The smallest absolute Gasteiger partial charge is 0.271 e. The van der Waals surface area contributed by atoms with Crippen LogP contribution in [0.25, 0.3) is 0 Å². The molecule has 114 valence electrons. The number of nitrogens with zero attached hydrogens (tertiary/aromatic N) is 2.